The summed E-state index contributed by atoms with van der Waals surface area (Å²) in [6, 6.07) is 15.9. The molecule has 0 bridgehead atoms. The van der Waals surface area contributed by atoms with E-state index in [0.29, 0.717) is 41.5 Å². The standard InChI is InChI=1S/C37H26F10O2/c1-2-3-4-5-21-6-8-22(9-7-21)23-11-14-28(30(39)16-23)36(43,44)48-26-19-32(41)35(33(42)20-26)25-10-13-27(29(38)18-25)24-12-15-34(31(40)17-24)49-37(45,46)47/h6-20H,2-5H2,1H3. The number of rotatable bonds is 11. The Balaban J connectivity index is 1.33. The number of halogens is 10. The molecule has 0 aliphatic rings. The normalized spacial score (nSPS) is 11.9. The molecule has 0 aliphatic carbocycles. The number of ether oxygens (including phenoxy) is 2. The lowest BCUT2D eigenvalue weighted by molar-refractivity contribution is -0.275. The molecule has 2 nitrogen and oxygen atoms in total. The third-order valence-electron chi connectivity index (χ3n) is 7.63. The SMILES string of the molecule is CCCCCc1ccc(-c2ccc(C(F)(F)Oc3cc(F)c(-c4ccc(-c5ccc(OC(F)(F)F)c(F)c5)c(F)c4)c(F)c3)c(F)c2)cc1. The van der Waals surface area contributed by atoms with Crippen molar-refractivity contribution in [2.45, 2.75) is 45.1 Å². The van der Waals surface area contributed by atoms with Crippen LogP contribution in [0.4, 0.5) is 43.9 Å². The molecule has 0 atom stereocenters. The number of benzene rings is 5. The molecule has 0 fully saturated rings. The smallest absolute Gasteiger partial charge is 0.429 e. The molecule has 0 saturated carbocycles. The zero-order valence-corrected chi connectivity index (χ0v) is 25.6. The van der Waals surface area contributed by atoms with Crippen molar-refractivity contribution in [3.8, 4) is 44.9 Å². The van der Waals surface area contributed by atoms with Gasteiger partial charge in [0, 0.05) is 17.7 Å². The monoisotopic (exact) mass is 692 g/mol. The van der Waals surface area contributed by atoms with E-state index in [1.165, 1.54) is 6.07 Å². The summed E-state index contributed by atoms with van der Waals surface area (Å²) in [5.74, 6) is -8.87. The second-order valence-electron chi connectivity index (χ2n) is 11.1. The van der Waals surface area contributed by atoms with E-state index in [-0.39, 0.29) is 16.7 Å². The number of unbranched alkanes of at least 4 members (excludes halogenated alkanes) is 2. The molecule has 256 valence electrons. The Morgan fingerprint density at radius 2 is 1.12 bits per heavy atom. The van der Waals surface area contributed by atoms with Crippen molar-refractivity contribution in [1.82, 2.24) is 0 Å². The molecule has 0 spiro atoms. The summed E-state index contributed by atoms with van der Waals surface area (Å²) in [6.45, 7) is 2.10. The van der Waals surface area contributed by atoms with Crippen LogP contribution in [-0.2, 0) is 12.5 Å². The van der Waals surface area contributed by atoms with Gasteiger partial charge in [-0.1, -0.05) is 68.3 Å². The van der Waals surface area contributed by atoms with Crippen molar-refractivity contribution in [3.05, 3.63) is 131 Å². The fraction of sp³-hybridized carbons (Fsp3) is 0.189. The van der Waals surface area contributed by atoms with Gasteiger partial charge in [-0.25, -0.2) is 22.0 Å². The second kappa shape index (κ2) is 14.2. The first-order chi connectivity index (χ1) is 23.1. The predicted octanol–water partition coefficient (Wildman–Crippen LogP) is 12.1. The van der Waals surface area contributed by atoms with E-state index in [1.54, 1.807) is 12.1 Å². The van der Waals surface area contributed by atoms with Crippen LogP contribution < -0.4 is 9.47 Å². The van der Waals surface area contributed by atoms with Crippen molar-refractivity contribution in [1.29, 1.82) is 0 Å². The maximum atomic E-state index is 15.1. The van der Waals surface area contributed by atoms with E-state index in [9.17, 15) is 26.3 Å². The van der Waals surface area contributed by atoms with Crippen LogP contribution in [0.3, 0.4) is 0 Å². The molecule has 5 aromatic carbocycles. The van der Waals surface area contributed by atoms with Crippen LogP contribution in [0.1, 0.15) is 37.3 Å². The van der Waals surface area contributed by atoms with Gasteiger partial charge in [0.15, 0.2) is 11.6 Å². The maximum absolute atomic E-state index is 15.1. The highest BCUT2D eigenvalue weighted by Crippen LogP contribution is 2.39. The zero-order chi connectivity index (χ0) is 35.5. The van der Waals surface area contributed by atoms with Crippen LogP contribution >= 0.6 is 0 Å². The van der Waals surface area contributed by atoms with Gasteiger partial charge >= 0.3 is 12.5 Å². The molecule has 0 aliphatic heterocycles. The summed E-state index contributed by atoms with van der Waals surface area (Å²) in [5, 5.41) is 0. The van der Waals surface area contributed by atoms with Gasteiger partial charge in [-0.05, 0) is 71.0 Å². The molecule has 0 amide bonds. The third kappa shape index (κ3) is 8.36. The summed E-state index contributed by atoms with van der Waals surface area (Å²) >= 11 is 0. The van der Waals surface area contributed by atoms with Crippen LogP contribution in [0.5, 0.6) is 11.5 Å². The fourth-order valence-corrected chi connectivity index (χ4v) is 5.24. The van der Waals surface area contributed by atoms with Crippen LogP contribution in [-0.4, -0.2) is 6.36 Å². The first-order valence-corrected chi connectivity index (χ1v) is 15.0. The Morgan fingerprint density at radius 1 is 0.531 bits per heavy atom. The van der Waals surface area contributed by atoms with Gasteiger partial charge in [0.25, 0.3) is 0 Å². The first kappa shape index (κ1) is 35.3. The van der Waals surface area contributed by atoms with Gasteiger partial charge in [0.2, 0.25) is 0 Å². The Kier molecular flexibility index (Phi) is 10.3. The average molecular weight is 693 g/mol. The van der Waals surface area contributed by atoms with Crippen molar-refractivity contribution >= 4 is 0 Å². The second-order valence-corrected chi connectivity index (χ2v) is 11.1. The maximum Gasteiger partial charge on any atom is 0.573 e. The quantitative estimate of drug-likeness (QED) is 0.101. The molecule has 0 N–H and O–H groups in total. The fourth-order valence-electron chi connectivity index (χ4n) is 5.24. The van der Waals surface area contributed by atoms with Gasteiger partial charge in [-0.15, -0.1) is 13.2 Å². The largest absolute Gasteiger partial charge is 0.573 e. The minimum Gasteiger partial charge on any atom is -0.429 e. The van der Waals surface area contributed by atoms with Gasteiger partial charge in [-0.3, -0.25) is 0 Å². The molecular weight excluding hydrogens is 666 g/mol. The van der Waals surface area contributed by atoms with Gasteiger partial charge in [-0.2, -0.15) is 8.78 Å². The lowest BCUT2D eigenvalue weighted by Gasteiger charge is -2.20. The number of hydrogen-bond acceptors (Lipinski definition) is 2. The predicted molar refractivity (Wildman–Crippen MR) is 163 cm³/mol. The summed E-state index contributed by atoms with van der Waals surface area (Å²) in [7, 11) is 0. The van der Waals surface area contributed by atoms with Crippen LogP contribution in [0, 0.1) is 29.1 Å². The Morgan fingerprint density at radius 3 is 1.71 bits per heavy atom. The zero-order valence-electron chi connectivity index (χ0n) is 25.6. The summed E-state index contributed by atoms with van der Waals surface area (Å²) in [6.07, 6.45) is -5.46. The van der Waals surface area contributed by atoms with Gasteiger partial charge < -0.3 is 9.47 Å². The van der Waals surface area contributed by atoms with E-state index in [0.717, 1.165) is 61.6 Å². The molecule has 0 aromatic heterocycles. The topological polar surface area (TPSA) is 18.5 Å². The first-order valence-electron chi connectivity index (χ1n) is 15.0. The molecule has 5 aromatic rings. The van der Waals surface area contributed by atoms with E-state index in [1.807, 2.05) is 12.1 Å². The Hall–Kier alpha value is -5.00. The molecule has 12 heteroatoms. The van der Waals surface area contributed by atoms with Crippen molar-refractivity contribution in [2.24, 2.45) is 0 Å². The molecule has 5 rings (SSSR count). The van der Waals surface area contributed by atoms with Crippen molar-refractivity contribution in [2.75, 3.05) is 0 Å². The van der Waals surface area contributed by atoms with Crippen LogP contribution in [0.2, 0.25) is 0 Å². The summed E-state index contributed by atoms with van der Waals surface area (Å²) in [4.78, 5) is 0. The Labute approximate surface area is 274 Å². The highest BCUT2D eigenvalue weighted by molar-refractivity contribution is 5.72. The molecule has 49 heavy (non-hydrogen) atoms. The summed E-state index contributed by atoms with van der Waals surface area (Å²) in [5.41, 5.74) is -0.910. The molecular formula is C37H26F10O2. The minimum atomic E-state index is -5.16. The lowest BCUT2D eigenvalue weighted by atomic mass is 9.98. The van der Waals surface area contributed by atoms with Crippen LogP contribution in [0.25, 0.3) is 33.4 Å². The molecule has 0 unspecified atom stereocenters. The number of alkyl halides is 5. The van der Waals surface area contributed by atoms with Crippen molar-refractivity contribution in [3.63, 3.8) is 0 Å². The molecule has 0 heterocycles. The van der Waals surface area contributed by atoms with Gasteiger partial charge in [0.1, 0.15) is 29.0 Å². The lowest BCUT2D eigenvalue weighted by Crippen LogP contribution is -2.23. The average Bonchev–Trinajstić information content (AvgIpc) is 3.01. The molecule has 0 saturated heterocycles. The van der Waals surface area contributed by atoms with Crippen LogP contribution in [0.15, 0.2) is 91.0 Å². The summed E-state index contributed by atoms with van der Waals surface area (Å²) < 4.78 is 150. The minimum absolute atomic E-state index is 0.209. The van der Waals surface area contributed by atoms with E-state index >= 15 is 17.6 Å². The van der Waals surface area contributed by atoms with E-state index in [2.05, 4.69) is 16.4 Å². The van der Waals surface area contributed by atoms with E-state index in [4.69, 9.17) is 0 Å². The highest BCUT2D eigenvalue weighted by atomic mass is 19.4. The third-order valence-corrected chi connectivity index (χ3v) is 7.63. The van der Waals surface area contributed by atoms with Crippen molar-refractivity contribution < 1.29 is 53.4 Å². The Bertz CT molecular complexity index is 1930. The number of aryl methyl sites for hydroxylation is 1. The van der Waals surface area contributed by atoms with Gasteiger partial charge in [0.05, 0.1) is 11.1 Å². The van der Waals surface area contributed by atoms with E-state index < -0.39 is 64.2 Å². The highest BCUT2D eigenvalue weighted by Gasteiger charge is 2.38. The number of hydrogen-bond donors (Lipinski definition) is 0. The molecule has 0 radical (unpaired) electrons.